The average molecular weight is 191 g/mol. The Morgan fingerprint density at radius 2 is 2.21 bits per heavy atom. The number of hydrogen-bond acceptors (Lipinski definition) is 4. The van der Waals surface area contributed by atoms with Gasteiger partial charge < -0.3 is 10.6 Å². The number of nitrogen functional groups attached to an aromatic ring is 1. The van der Waals surface area contributed by atoms with Crippen LogP contribution in [0.2, 0.25) is 0 Å². The number of nitrogens with two attached hydrogens (primary N) is 1. The molecular weight excluding hydrogens is 178 g/mol. The first-order valence-electron chi connectivity index (χ1n) is 4.62. The topological polar surface area (TPSA) is 78.9 Å². The van der Waals surface area contributed by atoms with Crippen LogP contribution < -0.4 is 10.6 Å². The molecule has 0 atom stereocenters. The molecule has 0 unspecified atom stereocenters. The molecule has 1 aromatic rings. The molecule has 3 N–H and O–H groups in total. The van der Waals surface area contributed by atoms with Gasteiger partial charge >= 0.3 is 0 Å². The summed E-state index contributed by atoms with van der Waals surface area (Å²) in [5, 5.41) is 7.31. The summed E-state index contributed by atoms with van der Waals surface area (Å²) in [7, 11) is 0. The highest BCUT2D eigenvalue weighted by Gasteiger charge is 2.17. The molecule has 1 saturated heterocycles. The number of amidine groups is 1. The lowest BCUT2D eigenvalue weighted by atomic mass is 10.2. The molecule has 0 spiro atoms. The van der Waals surface area contributed by atoms with Crippen molar-refractivity contribution in [3.63, 3.8) is 0 Å². The molecular formula is C9H13N5. The predicted octanol–water partition coefficient (Wildman–Crippen LogP) is 0.279. The second-order valence-corrected chi connectivity index (χ2v) is 3.41. The first-order chi connectivity index (χ1) is 6.66. The SMILES string of the molecule is Cc1nc(C(=N)N)cc(N2CCC2)n1. The van der Waals surface area contributed by atoms with Gasteiger partial charge in [-0.1, -0.05) is 0 Å². The lowest BCUT2D eigenvalue weighted by Crippen LogP contribution is -2.38. The van der Waals surface area contributed by atoms with Crippen LogP contribution in [0.5, 0.6) is 0 Å². The summed E-state index contributed by atoms with van der Waals surface area (Å²) in [6.07, 6.45) is 1.21. The van der Waals surface area contributed by atoms with Crippen molar-refractivity contribution < 1.29 is 0 Å². The summed E-state index contributed by atoms with van der Waals surface area (Å²) < 4.78 is 0. The van der Waals surface area contributed by atoms with Crippen molar-refractivity contribution in [3.8, 4) is 0 Å². The van der Waals surface area contributed by atoms with Crippen LogP contribution in [-0.4, -0.2) is 28.9 Å². The van der Waals surface area contributed by atoms with Crippen molar-refractivity contribution in [3.05, 3.63) is 17.6 Å². The van der Waals surface area contributed by atoms with Gasteiger partial charge in [0.25, 0.3) is 0 Å². The third-order valence-corrected chi connectivity index (χ3v) is 2.28. The molecule has 2 heterocycles. The summed E-state index contributed by atoms with van der Waals surface area (Å²) in [6.45, 7) is 3.89. The fourth-order valence-electron chi connectivity index (χ4n) is 1.40. The zero-order chi connectivity index (χ0) is 10.1. The van der Waals surface area contributed by atoms with E-state index in [1.165, 1.54) is 6.42 Å². The minimum Gasteiger partial charge on any atom is -0.382 e. The maximum absolute atomic E-state index is 7.31. The molecule has 0 bridgehead atoms. The Morgan fingerprint density at radius 3 is 2.71 bits per heavy atom. The number of anilines is 1. The monoisotopic (exact) mass is 191 g/mol. The van der Waals surface area contributed by atoms with E-state index in [1.54, 1.807) is 6.07 Å². The van der Waals surface area contributed by atoms with Gasteiger partial charge in [0.15, 0.2) is 0 Å². The predicted molar refractivity (Wildman–Crippen MR) is 54.6 cm³/mol. The van der Waals surface area contributed by atoms with E-state index in [-0.39, 0.29) is 5.84 Å². The summed E-state index contributed by atoms with van der Waals surface area (Å²) in [5.74, 6) is 1.55. The fraction of sp³-hybridized carbons (Fsp3) is 0.444. The van der Waals surface area contributed by atoms with Crippen molar-refractivity contribution in [2.75, 3.05) is 18.0 Å². The highest BCUT2D eigenvalue weighted by Crippen LogP contribution is 2.18. The van der Waals surface area contributed by atoms with Crippen LogP contribution in [0, 0.1) is 12.3 Å². The summed E-state index contributed by atoms with van der Waals surface area (Å²) in [4.78, 5) is 10.5. The molecule has 2 rings (SSSR count). The standard InChI is InChI=1S/C9H13N5/c1-6-12-7(9(10)11)5-8(13-6)14-3-2-4-14/h5H,2-4H2,1H3,(H3,10,11). The second kappa shape index (κ2) is 3.25. The van der Waals surface area contributed by atoms with Gasteiger partial charge in [0.05, 0.1) is 0 Å². The molecule has 1 fully saturated rings. The van der Waals surface area contributed by atoms with Gasteiger partial charge in [0, 0.05) is 19.2 Å². The lowest BCUT2D eigenvalue weighted by molar-refractivity contribution is 0.607. The third kappa shape index (κ3) is 1.53. The Hall–Kier alpha value is -1.65. The largest absolute Gasteiger partial charge is 0.382 e. The zero-order valence-corrected chi connectivity index (χ0v) is 8.12. The molecule has 1 aromatic heterocycles. The normalized spacial score (nSPS) is 15.1. The van der Waals surface area contributed by atoms with Crippen LogP contribution in [0.3, 0.4) is 0 Å². The van der Waals surface area contributed by atoms with Crippen molar-refractivity contribution in [2.24, 2.45) is 5.73 Å². The molecule has 0 radical (unpaired) electrons. The van der Waals surface area contributed by atoms with Crippen molar-refractivity contribution in [1.82, 2.24) is 9.97 Å². The van der Waals surface area contributed by atoms with Gasteiger partial charge in [-0.15, -0.1) is 0 Å². The number of rotatable bonds is 2. The summed E-state index contributed by atoms with van der Waals surface area (Å²) in [6, 6.07) is 1.77. The van der Waals surface area contributed by atoms with E-state index in [0.29, 0.717) is 11.5 Å². The van der Waals surface area contributed by atoms with E-state index >= 15 is 0 Å². The van der Waals surface area contributed by atoms with Gasteiger partial charge in [0.1, 0.15) is 23.2 Å². The van der Waals surface area contributed by atoms with E-state index in [4.69, 9.17) is 11.1 Å². The number of nitrogens with one attached hydrogen (secondary N) is 1. The molecule has 0 aromatic carbocycles. The molecule has 5 nitrogen and oxygen atoms in total. The Balaban J connectivity index is 2.35. The van der Waals surface area contributed by atoms with E-state index in [2.05, 4.69) is 14.9 Å². The van der Waals surface area contributed by atoms with Crippen LogP contribution in [0.1, 0.15) is 17.9 Å². The molecule has 14 heavy (non-hydrogen) atoms. The highest BCUT2D eigenvalue weighted by molar-refractivity contribution is 5.93. The third-order valence-electron chi connectivity index (χ3n) is 2.28. The van der Waals surface area contributed by atoms with Crippen LogP contribution >= 0.6 is 0 Å². The quantitative estimate of drug-likeness (QED) is 0.520. The fourth-order valence-corrected chi connectivity index (χ4v) is 1.40. The maximum Gasteiger partial charge on any atom is 0.142 e. The number of aromatic nitrogens is 2. The van der Waals surface area contributed by atoms with Crippen LogP contribution in [0.4, 0.5) is 5.82 Å². The Labute approximate surface area is 82.5 Å². The molecule has 0 aliphatic carbocycles. The minimum atomic E-state index is -0.00252. The van der Waals surface area contributed by atoms with Crippen molar-refractivity contribution in [2.45, 2.75) is 13.3 Å². The van der Waals surface area contributed by atoms with Crippen LogP contribution in [-0.2, 0) is 0 Å². The molecule has 1 aliphatic heterocycles. The average Bonchev–Trinajstić information content (AvgIpc) is 1.99. The van der Waals surface area contributed by atoms with Gasteiger partial charge in [-0.2, -0.15) is 0 Å². The first kappa shape index (κ1) is 8.93. The lowest BCUT2D eigenvalue weighted by Gasteiger charge is -2.32. The summed E-state index contributed by atoms with van der Waals surface area (Å²) in [5.41, 5.74) is 5.90. The van der Waals surface area contributed by atoms with Crippen LogP contribution in [0.15, 0.2) is 6.07 Å². The van der Waals surface area contributed by atoms with Crippen LogP contribution in [0.25, 0.3) is 0 Å². The van der Waals surface area contributed by atoms with E-state index in [0.717, 1.165) is 18.9 Å². The number of hydrogen-bond donors (Lipinski definition) is 2. The van der Waals surface area contributed by atoms with Crippen molar-refractivity contribution in [1.29, 1.82) is 5.41 Å². The molecule has 5 heteroatoms. The van der Waals surface area contributed by atoms with E-state index in [1.807, 2.05) is 6.92 Å². The summed E-state index contributed by atoms with van der Waals surface area (Å²) >= 11 is 0. The molecule has 0 saturated carbocycles. The first-order valence-corrected chi connectivity index (χ1v) is 4.62. The maximum atomic E-state index is 7.31. The number of nitrogens with zero attached hydrogens (tertiary/aromatic N) is 3. The molecule has 0 amide bonds. The van der Waals surface area contributed by atoms with E-state index in [9.17, 15) is 0 Å². The van der Waals surface area contributed by atoms with E-state index < -0.39 is 0 Å². The Kier molecular flexibility index (Phi) is 2.07. The Morgan fingerprint density at radius 1 is 1.50 bits per heavy atom. The zero-order valence-electron chi connectivity index (χ0n) is 8.12. The van der Waals surface area contributed by atoms with Gasteiger partial charge in [0.2, 0.25) is 0 Å². The highest BCUT2D eigenvalue weighted by atomic mass is 15.2. The number of aryl methyl sites for hydroxylation is 1. The molecule has 1 aliphatic rings. The van der Waals surface area contributed by atoms with Gasteiger partial charge in [-0.25, -0.2) is 9.97 Å². The second-order valence-electron chi connectivity index (χ2n) is 3.41. The minimum absolute atomic E-state index is 0.00252. The van der Waals surface area contributed by atoms with Crippen molar-refractivity contribution >= 4 is 11.7 Å². The Bertz CT molecular complexity index is 369. The van der Waals surface area contributed by atoms with Gasteiger partial charge in [-0.3, -0.25) is 5.41 Å². The van der Waals surface area contributed by atoms with Gasteiger partial charge in [-0.05, 0) is 13.3 Å². The molecule has 74 valence electrons. The smallest absolute Gasteiger partial charge is 0.142 e.